The Bertz CT molecular complexity index is 838. The van der Waals surface area contributed by atoms with E-state index < -0.39 is 0 Å². The Morgan fingerprint density at radius 1 is 0.933 bits per heavy atom. The molecule has 7 heteroatoms. The van der Waals surface area contributed by atoms with E-state index in [4.69, 9.17) is 14.2 Å². The topological polar surface area (TPSA) is 63.3 Å². The molecule has 1 aliphatic rings. The Balaban J connectivity index is 1.52. The summed E-state index contributed by atoms with van der Waals surface area (Å²) < 4.78 is 16.0. The van der Waals surface area contributed by atoms with Gasteiger partial charge in [-0.1, -0.05) is 24.3 Å². The van der Waals surface area contributed by atoms with Crippen molar-refractivity contribution in [3.05, 3.63) is 47.5 Å². The molecular formula is C23H31N3O4. The molecule has 0 saturated carbocycles. The van der Waals surface area contributed by atoms with Crippen molar-refractivity contribution in [2.75, 3.05) is 59.4 Å². The molecule has 3 rings (SSSR count). The fourth-order valence-electron chi connectivity index (χ4n) is 3.69. The number of hydrogen-bond donors (Lipinski definition) is 1. The van der Waals surface area contributed by atoms with Gasteiger partial charge in [-0.05, 0) is 18.1 Å². The summed E-state index contributed by atoms with van der Waals surface area (Å²) in [4.78, 5) is 17.2. The summed E-state index contributed by atoms with van der Waals surface area (Å²) in [7, 11) is 4.66. The molecule has 0 aromatic heterocycles. The normalized spacial score (nSPS) is 14.9. The fourth-order valence-corrected chi connectivity index (χ4v) is 3.69. The second-order valence-electron chi connectivity index (χ2n) is 7.44. The van der Waals surface area contributed by atoms with Crippen LogP contribution >= 0.6 is 0 Å². The van der Waals surface area contributed by atoms with Crippen LogP contribution in [-0.2, 0) is 11.3 Å². The van der Waals surface area contributed by atoms with Gasteiger partial charge in [-0.15, -0.1) is 0 Å². The fraction of sp³-hybridized carbons (Fsp3) is 0.435. The van der Waals surface area contributed by atoms with Crippen molar-refractivity contribution in [1.82, 2.24) is 9.80 Å². The van der Waals surface area contributed by atoms with E-state index in [0.29, 0.717) is 29.5 Å². The Kier molecular flexibility index (Phi) is 7.54. The number of piperazine rings is 1. The van der Waals surface area contributed by atoms with Crippen molar-refractivity contribution in [2.24, 2.45) is 0 Å². The van der Waals surface area contributed by atoms with E-state index in [1.807, 2.05) is 0 Å². The Morgan fingerprint density at radius 2 is 1.53 bits per heavy atom. The number of rotatable bonds is 8. The van der Waals surface area contributed by atoms with Crippen molar-refractivity contribution >= 4 is 11.6 Å². The lowest BCUT2D eigenvalue weighted by Gasteiger charge is -2.34. The van der Waals surface area contributed by atoms with E-state index in [9.17, 15) is 4.79 Å². The van der Waals surface area contributed by atoms with Gasteiger partial charge in [0.1, 0.15) is 0 Å². The van der Waals surface area contributed by atoms with Crippen molar-refractivity contribution < 1.29 is 19.0 Å². The van der Waals surface area contributed by atoms with Gasteiger partial charge in [0.15, 0.2) is 11.5 Å². The largest absolute Gasteiger partial charge is 0.493 e. The first-order chi connectivity index (χ1) is 14.5. The van der Waals surface area contributed by atoms with Gasteiger partial charge in [0.2, 0.25) is 11.7 Å². The Labute approximate surface area is 178 Å². The highest BCUT2D eigenvalue weighted by atomic mass is 16.5. The minimum absolute atomic E-state index is 0.0587. The van der Waals surface area contributed by atoms with E-state index in [-0.39, 0.29) is 5.91 Å². The van der Waals surface area contributed by atoms with E-state index in [1.54, 1.807) is 33.5 Å². The number of amides is 1. The van der Waals surface area contributed by atoms with Crippen LogP contribution in [0.3, 0.4) is 0 Å². The number of nitrogens with one attached hydrogen (secondary N) is 1. The molecule has 2 aromatic rings. The highest BCUT2D eigenvalue weighted by Gasteiger charge is 2.20. The molecular weight excluding hydrogens is 382 g/mol. The average Bonchev–Trinajstić information content (AvgIpc) is 2.75. The number of ether oxygens (including phenoxy) is 3. The van der Waals surface area contributed by atoms with E-state index in [0.717, 1.165) is 32.7 Å². The Morgan fingerprint density at radius 3 is 2.10 bits per heavy atom. The summed E-state index contributed by atoms with van der Waals surface area (Å²) >= 11 is 0. The van der Waals surface area contributed by atoms with Crippen molar-refractivity contribution in [2.45, 2.75) is 13.5 Å². The first kappa shape index (κ1) is 21.9. The maximum Gasteiger partial charge on any atom is 0.238 e. The highest BCUT2D eigenvalue weighted by molar-refractivity contribution is 5.93. The predicted molar refractivity (Wildman–Crippen MR) is 118 cm³/mol. The molecule has 0 bridgehead atoms. The first-order valence-corrected chi connectivity index (χ1v) is 10.1. The lowest BCUT2D eigenvalue weighted by molar-refractivity contribution is -0.117. The van der Waals surface area contributed by atoms with Crippen molar-refractivity contribution in [1.29, 1.82) is 0 Å². The second-order valence-corrected chi connectivity index (χ2v) is 7.44. The van der Waals surface area contributed by atoms with E-state index in [2.05, 4.69) is 46.3 Å². The van der Waals surface area contributed by atoms with Gasteiger partial charge in [-0.2, -0.15) is 0 Å². The number of hydrogen-bond acceptors (Lipinski definition) is 6. The molecule has 30 heavy (non-hydrogen) atoms. The summed E-state index contributed by atoms with van der Waals surface area (Å²) in [5.74, 6) is 1.47. The molecule has 0 spiro atoms. The molecule has 7 nitrogen and oxygen atoms in total. The number of aryl methyl sites for hydroxylation is 1. The molecule has 0 radical (unpaired) electrons. The predicted octanol–water partition coefficient (Wildman–Crippen LogP) is 2.78. The van der Waals surface area contributed by atoms with Gasteiger partial charge >= 0.3 is 0 Å². The molecule has 0 aliphatic carbocycles. The SMILES string of the molecule is COc1cc(NC(=O)CN2CCN(Cc3ccccc3C)CC2)cc(OC)c1OC. The van der Waals surface area contributed by atoms with Gasteiger partial charge in [0, 0.05) is 50.5 Å². The standard InChI is InChI=1S/C23H31N3O4/c1-17-7-5-6-8-18(17)15-25-9-11-26(12-10-25)16-22(27)24-19-13-20(28-2)23(30-4)21(14-19)29-3/h5-8,13-14H,9-12,15-16H2,1-4H3,(H,24,27). The summed E-state index contributed by atoms with van der Waals surface area (Å²) in [6.07, 6.45) is 0. The lowest BCUT2D eigenvalue weighted by atomic mass is 10.1. The Hall–Kier alpha value is -2.77. The molecule has 2 aromatic carbocycles. The van der Waals surface area contributed by atoms with Crippen molar-refractivity contribution in [3.8, 4) is 17.2 Å². The van der Waals surface area contributed by atoms with Crippen LogP contribution in [0.15, 0.2) is 36.4 Å². The third-order valence-electron chi connectivity index (χ3n) is 5.44. The number of carbonyl (C=O) groups excluding carboxylic acids is 1. The molecule has 1 aliphatic heterocycles. The summed E-state index contributed by atoms with van der Waals surface area (Å²) in [5, 5.41) is 2.94. The van der Waals surface area contributed by atoms with E-state index >= 15 is 0 Å². The van der Waals surface area contributed by atoms with Crippen LogP contribution in [0.1, 0.15) is 11.1 Å². The molecule has 1 heterocycles. The number of benzene rings is 2. The van der Waals surface area contributed by atoms with Gasteiger partial charge < -0.3 is 19.5 Å². The molecule has 0 unspecified atom stereocenters. The molecule has 0 atom stereocenters. The third-order valence-corrected chi connectivity index (χ3v) is 5.44. The van der Waals surface area contributed by atoms with E-state index in [1.165, 1.54) is 11.1 Å². The number of nitrogens with zero attached hydrogens (tertiary/aromatic N) is 2. The summed E-state index contributed by atoms with van der Waals surface area (Å²) in [5.41, 5.74) is 3.31. The molecule has 1 fully saturated rings. The van der Waals surface area contributed by atoms with Gasteiger partial charge in [0.05, 0.1) is 27.9 Å². The number of carbonyl (C=O) groups is 1. The smallest absolute Gasteiger partial charge is 0.238 e. The van der Waals surface area contributed by atoms with Crippen LogP contribution in [0.4, 0.5) is 5.69 Å². The van der Waals surface area contributed by atoms with Crippen LogP contribution < -0.4 is 19.5 Å². The minimum Gasteiger partial charge on any atom is -0.493 e. The van der Waals surface area contributed by atoms with Crippen LogP contribution in [0, 0.1) is 6.92 Å². The first-order valence-electron chi connectivity index (χ1n) is 10.1. The van der Waals surface area contributed by atoms with Crippen LogP contribution in [0.2, 0.25) is 0 Å². The minimum atomic E-state index is -0.0587. The highest BCUT2D eigenvalue weighted by Crippen LogP contribution is 2.39. The lowest BCUT2D eigenvalue weighted by Crippen LogP contribution is -2.48. The molecule has 162 valence electrons. The average molecular weight is 414 g/mol. The van der Waals surface area contributed by atoms with Crippen LogP contribution in [0.25, 0.3) is 0 Å². The van der Waals surface area contributed by atoms with Crippen LogP contribution in [-0.4, -0.2) is 69.8 Å². The summed E-state index contributed by atoms with van der Waals surface area (Å²) in [6.45, 7) is 7.10. The molecule has 1 N–H and O–H groups in total. The van der Waals surface area contributed by atoms with Crippen molar-refractivity contribution in [3.63, 3.8) is 0 Å². The molecule has 1 saturated heterocycles. The quantitative estimate of drug-likeness (QED) is 0.718. The summed E-state index contributed by atoms with van der Waals surface area (Å²) in [6, 6.07) is 12.0. The maximum atomic E-state index is 12.6. The monoisotopic (exact) mass is 413 g/mol. The number of anilines is 1. The zero-order valence-electron chi connectivity index (χ0n) is 18.2. The van der Waals surface area contributed by atoms with Gasteiger partial charge in [-0.25, -0.2) is 0 Å². The van der Waals surface area contributed by atoms with Gasteiger partial charge in [0.25, 0.3) is 0 Å². The second kappa shape index (κ2) is 10.3. The maximum absolute atomic E-state index is 12.6. The number of methoxy groups -OCH3 is 3. The van der Waals surface area contributed by atoms with Crippen LogP contribution in [0.5, 0.6) is 17.2 Å². The zero-order valence-corrected chi connectivity index (χ0v) is 18.2. The molecule has 1 amide bonds. The zero-order chi connectivity index (χ0) is 21.5. The third kappa shape index (κ3) is 5.43. The van der Waals surface area contributed by atoms with Gasteiger partial charge in [-0.3, -0.25) is 14.6 Å².